The van der Waals surface area contributed by atoms with E-state index in [0.717, 1.165) is 0 Å². The molecule has 3 rings (SSSR count). The molecule has 23 heteroatoms. The van der Waals surface area contributed by atoms with E-state index in [-0.39, 0.29) is 6.42 Å². The second kappa shape index (κ2) is 14.6. The van der Waals surface area contributed by atoms with Crippen molar-refractivity contribution in [2.75, 3.05) is 13.2 Å². The van der Waals surface area contributed by atoms with Crippen molar-refractivity contribution in [3.05, 3.63) is 41.8 Å². The molecule has 3 aliphatic rings. The number of aliphatic hydroxyl groups is 7. The lowest BCUT2D eigenvalue weighted by Gasteiger charge is -2.43. The first kappa shape index (κ1) is 32.3. The first-order chi connectivity index (χ1) is 19.6. The van der Waals surface area contributed by atoms with E-state index in [1.54, 1.807) is 0 Å². The van der Waals surface area contributed by atoms with Crippen LogP contribution >= 0.6 is 0 Å². The number of nitrogens with zero attached hydrogens (tertiary/aromatic N) is 12. The SMILES string of the molecule is [N-]=[N+]=NC[C@@H]1O[C@H](O[C@H]2[C@@H](O)[C@H](O[C@H]3[C@H](O)C(N=[N+]=[N-])[C@H](O)C(N=[N+]=[N-])[C@@H]3O)O[C@@H]2CCO)C(N=[N+]=[N-])[C@@H](O)[C@@H]1O. The number of rotatable bonds is 11. The number of aliphatic hydroxyl groups excluding tert-OH is 7. The predicted octanol–water partition coefficient (Wildman–Crippen LogP) is -1.89. The molecule has 226 valence electrons. The van der Waals surface area contributed by atoms with Crippen LogP contribution in [0.4, 0.5) is 0 Å². The molecule has 1 saturated carbocycles. The molecule has 3 fully saturated rings. The lowest BCUT2D eigenvalue weighted by atomic mass is 9.82. The van der Waals surface area contributed by atoms with Gasteiger partial charge in [0.05, 0.1) is 55.3 Å². The van der Waals surface area contributed by atoms with Gasteiger partial charge in [0.25, 0.3) is 0 Å². The Bertz CT molecular complexity index is 1060. The molecule has 0 radical (unpaired) electrons. The van der Waals surface area contributed by atoms with E-state index in [4.69, 9.17) is 41.1 Å². The van der Waals surface area contributed by atoms with Gasteiger partial charge in [0.1, 0.15) is 30.5 Å². The predicted molar refractivity (Wildman–Crippen MR) is 128 cm³/mol. The van der Waals surface area contributed by atoms with Crippen LogP contribution in [0.15, 0.2) is 20.5 Å². The van der Waals surface area contributed by atoms with E-state index >= 15 is 0 Å². The summed E-state index contributed by atoms with van der Waals surface area (Å²) in [7, 11) is 0. The van der Waals surface area contributed by atoms with Crippen LogP contribution < -0.4 is 0 Å². The molecule has 7 N–H and O–H groups in total. The molecule has 2 heterocycles. The summed E-state index contributed by atoms with van der Waals surface area (Å²) in [4.78, 5) is 10.2. The minimum absolute atomic E-state index is 0.176. The van der Waals surface area contributed by atoms with Crippen LogP contribution in [-0.4, -0.2) is 141 Å². The Kier molecular flexibility index (Phi) is 11.5. The van der Waals surface area contributed by atoms with E-state index in [9.17, 15) is 35.7 Å². The number of azide groups is 4. The fraction of sp³-hybridized carbons (Fsp3) is 1.00. The summed E-state index contributed by atoms with van der Waals surface area (Å²) in [6, 6.07) is -4.83. The fourth-order valence-corrected chi connectivity index (χ4v) is 4.88. The fourth-order valence-electron chi connectivity index (χ4n) is 4.88. The maximum Gasteiger partial charge on any atom is 0.187 e. The third-order valence-corrected chi connectivity index (χ3v) is 6.91. The molecule has 15 atom stereocenters. The largest absolute Gasteiger partial charge is 0.396 e. The highest BCUT2D eigenvalue weighted by Crippen LogP contribution is 2.35. The highest BCUT2D eigenvalue weighted by atomic mass is 16.7. The lowest BCUT2D eigenvalue weighted by Crippen LogP contribution is -2.64. The lowest BCUT2D eigenvalue weighted by molar-refractivity contribution is -0.280. The van der Waals surface area contributed by atoms with Crippen LogP contribution in [0.25, 0.3) is 41.8 Å². The van der Waals surface area contributed by atoms with Gasteiger partial charge in [-0.25, -0.2) is 0 Å². The van der Waals surface area contributed by atoms with Crippen LogP contribution in [0.5, 0.6) is 0 Å². The highest BCUT2D eigenvalue weighted by Gasteiger charge is 2.55. The van der Waals surface area contributed by atoms with Gasteiger partial charge in [0, 0.05) is 26.3 Å². The molecule has 23 nitrogen and oxygen atoms in total. The monoisotopic (exact) mass is 588 g/mol. The molecule has 0 aromatic carbocycles. The average Bonchev–Trinajstić information content (AvgIpc) is 3.23. The molecule has 2 saturated heterocycles. The Labute approximate surface area is 228 Å². The van der Waals surface area contributed by atoms with Gasteiger partial charge >= 0.3 is 0 Å². The minimum atomic E-state index is -1.87. The molecule has 41 heavy (non-hydrogen) atoms. The zero-order chi connectivity index (χ0) is 30.3. The highest BCUT2D eigenvalue weighted by molar-refractivity contribution is 5.07. The number of hydrogen-bond donors (Lipinski definition) is 7. The van der Waals surface area contributed by atoms with Crippen LogP contribution in [0.2, 0.25) is 0 Å². The Balaban J connectivity index is 1.86. The molecule has 0 aromatic rings. The summed E-state index contributed by atoms with van der Waals surface area (Å²) in [5, 5.41) is 86.2. The zero-order valence-corrected chi connectivity index (χ0v) is 20.9. The topological polar surface area (TPSA) is 374 Å². The maximum absolute atomic E-state index is 11.0. The minimum Gasteiger partial charge on any atom is -0.396 e. The Hall–Kier alpha value is -3.20. The van der Waals surface area contributed by atoms with Gasteiger partial charge in [-0.1, -0.05) is 20.5 Å². The van der Waals surface area contributed by atoms with Crippen molar-refractivity contribution in [1.29, 1.82) is 0 Å². The van der Waals surface area contributed by atoms with Gasteiger partial charge in [0.15, 0.2) is 12.6 Å². The summed E-state index contributed by atoms with van der Waals surface area (Å²) in [6.07, 6.45) is -19.9. The van der Waals surface area contributed by atoms with Crippen LogP contribution in [0.3, 0.4) is 0 Å². The van der Waals surface area contributed by atoms with Crippen molar-refractivity contribution in [2.45, 2.75) is 98.2 Å². The zero-order valence-electron chi connectivity index (χ0n) is 20.9. The molecule has 2 aliphatic heterocycles. The van der Waals surface area contributed by atoms with E-state index in [1.165, 1.54) is 0 Å². The summed E-state index contributed by atoms with van der Waals surface area (Å²) in [6.45, 7) is -0.940. The molecule has 0 amide bonds. The number of hydrogen-bond acceptors (Lipinski definition) is 15. The number of ether oxygens (including phenoxy) is 4. The van der Waals surface area contributed by atoms with Gasteiger partial charge in [-0.05, 0) is 28.5 Å². The Morgan fingerprint density at radius 3 is 1.66 bits per heavy atom. The van der Waals surface area contributed by atoms with Crippen molar-refractivity contribution in [1.82, 2.24) is 0 Å². The first-order valence-corrected chi connectivity index (χ1v) is 12.1. The second-order valence-corrected chi connectivity index (χ2v) is 9.24. The van der Waals surface area contributed by atoms with E-state index in [2.05, 4.69) is 40.1 Å². The summed E-state index contributed by atoms with van der Waals surface area (Å²) >= 11 is 0. The van der Waals surface area contributed by atoms with Crippen LogP contribution in [-0.2, 0) is 18.9 Å². The summed E-state index contributed by atoms with van der Waals surface area (Å²) < 4.78 is 22.6. The Morgan fingerprint density at radius 1 is 0.585 bits per heavy atom. The van der Waals surface area contributed by atoms with Gasteiger partial charge in [-0.15, -0.1) is 0 Å². The molecule has 1 aliphatic carbocycles. The van der Waals surface area contributed by atoms with E-state index < -0.39 is 105 Å². The normalized spacial score (nSPS) is 44.0. The van der Waals surface area contributed by atoms with E-state index in [1.807, 2.05) is 0 Å². The van der Waals surface area contributed by atoms with Gasteiger partial charge in [-0.3, -0.25) is 0 Å². The van der Waals surface area contributed by atoms with Crippen molar-refractivity contribution in [3.63, 3.8) is 0 Å². The molecular weight excluding hydrogens is 560 g/mol. The Morgan fingerprint density at radius 2 is 1.12 bits per heavy atom. The van der Waals surface area contributed by atoms with E-state index in [0.29, 0.717) is 0 Å². The van der Waals surface area contributed by atoms with Gasteiger partial charge in [0.2, 0.25) is 0 Å². The first-order valence-electron chi connectivity index (χ1n) is 12.1. The standard InChI is InChI=1S/C18H28N12O11/c19-27-23-3-5-9(32)11(34)8(26-30-22)17(39-5)40-15-4(1-2-31)38-18(14(15)37)41-16-12(35)6(24-28-20)10(33)7(13(16)36)25-29-21/h4-18,31-37H,1-3H2/t4-,5+,6?,7?,8?,9-,10-,11-,12+,13-,14-,15-,16-,17-,18+/m1/s1. The maximum atomic E-state index is 11.0. The summed E-state index contributed by atoms with van der Waals surface area (Å²) in [5.41, 5.74) is 35.2. The van der Waals surface area contributed by atoms with Crippen molar-refractivity contribution in [3.8, 4) is 0 Å². The van der Waals surface area contributed by atoms with Crippen LogP contribution in [0, 0.1) is 0 Å². The van der Waals surface area contributed by atoms with Crippen molar-refractivity contribution < 1.29 is 54.7 Å². The van der Waals surface area contributed by atoms with Crippen molar-refractivity contribution >= 4 is 0 Å². The third-order valence-electron chi connectivity index (χ3n) is 6.91. The smallest absolute Gasteiger partial charge is 0.187 e. The average molecular weight is 588 g/mol. The van der Waals surface area contributed by atoms with Gasteiger partial charge in [-0.2, -0.15) is 0 Å². The quantitative estimate of drug-likeness (QED) is 0.0794. The molecule has 0 bridgehead atoms. The molecule has 3 unspecified atom stereocenters. The second-order valence-electron chi connectivity index (χ2n) is 9.24. The van der Waals surface area contributed by atoms with Crippen LogP contribution in [0.1, 0.15) is 6.42 Å². The van der Waals surface area contributed by atoms with Gasteiger partial charge < -0.3 is 54.7 Å². The third kappa shape index (κ3) is 6.83. The molecule has 0 aromatic heterocycles. The molecular formula is C18H28N12O11. The van der Waals surface area contributed by atoms with Crippen molar-refractivity contribution in [2.24, 2.45) is 20.5 Å². The molecule has 0 spiro atoms. The summed E-state index contributed by atoms with van der Waals surface area (Å²) in [5.74, 6) is 0.